The largest absolute Gasteiger partial charge is 0.497 e. The van der Waals surface area contributed by atoms with Gasteiger partial charge in [-0.3, -0.25) is 14.4 Å². The second-order valence-electron chi connectivity index (χ2n) is 7.63. The molecule has 0 unspecified atom stereocenters. The Labute approximate surface area is 206 Å². The van der Waals surface area contributed by atoms with Crippen molar-refractivity contribution in [3.05, 3.63) is 101 Å². The Kier molecular flexibility index (Phi) is 7.10. The molecule has 0 atom stereocenters. The molecule has 1 heterocycles. The maximum atomic E-state index is 13.0. The van der Waals surface area contributed by atoms with Crippen molar-refractivity contribution in [1.82, 2.24) is 10.2 Å². The van der Waals surface area contributed by atoms with E-state index in [-0.39, 0.29) is 22.4 Å². The summed E-state index contributed by atoms with van der Waals surface area (Å²) in [5.41, 5.74) is 1.04. The topological polar surface area (TPSA) is 111 Å². The summed E-state index contributed by atoms with van der Waals surface area (Å²) >= 11 is 0. The Morgan fingerprint density at radius 3 is 2.06 bits per heavy atom. The van der Waals surface area contributed by atoms with Crippen molar-refractivity contribution in [2.24, 2.45) is 0 Å². The zero-order valence-corrected chi connectivity index (χ0v) is 19.5. The van der Waals surface area contributed by atoms with Gasteiger partial charge in [0.05, 0.1) is 30.9 Å². The highest BCUT2D eigenvalue weighted by Gasteiger charge is 2.36. The Balaban J connectivity index is 1.56. The van der Waals surface area contributed by atoms with Gasteiger partial charge < -0.3 is 19.5 Å². The van der Waals surface area contributed by atoms with E-state index >= 15 is 0 Å². The third kappa shape index (κ3) is 4.95. The number of nitrogens with zero attached hydrogens (tertiary/aromatic N) is 1. The van der Waals surface area contributed by atoms with Gasteiger partial charge in [0.15, 0.2) is 6.73 Å². The number of hydrogen-bond acceptors (Lipinski definition) is 7. The lowest BCUT2D eigenvalue weighted by Gasteiger charge is -2.16. The molecule has 1 aliphatic heterocycles. The fraction of sp³-hybridized carbons (Fsp3) is 0.111. The normalized spacial score (nSPS) is 12.7. The lowest BCUT2D eigenvalue weighted by Crippen LogP contribution is -2.35. The molecule has 0 bridgehead atoms. The summed E-state index contributed by atoms with van der Waals surface area (Å²) in [6.45, 7) is -0.615. The van der Waals surface area contributed by atoms with Gasteiger partial charge in [0.25, 0.3) is 17.7 Å². The molecule has 0 radical (unpaired) electrons. The summed E-state index contributed by atoms with van der Waals surface area (Å²) in [6, 6.07) is 19.6. The van der Waals surface area contributed by atoms with Crippen LogP contribution < -0.4 is 14.8 Å². The molecule has 3 aromatic rings. The van der Waals surface area contributed by atoms with Gasteiger partial charge in [0.1, 0.15) is 17.2 Å². The molecule has 3 amide bonds. The molecule has 0 spiro atoms. The Bertz CT molecular complexity index is 1330. The van der Waals surface area contributed by atoms with Crippen LogP contribution in [0.1, 0.15) is 36.6 Å². The maximum Gasteiger partial charge on any atom is 0.356 e. The highest BCUT2D eigenvalue weighted by Crippen LogP contribution is 2.23. The third-order valence-electron chi connectivity index (χ3n) is 5.45. The zero-order chi connectivity index (χ0) is 25.7. The molecule has 3 aromatic carbocycles. The first-order valence-electron chi connectivity index (χ1n) is 10.9. The number of imide groups is 1. The number of ether oxygens (including phenoxy) is 3. The highest BCUT2D eigenvalue weighted by atomic mass is 16.5. The number of carbonyl (C=O) groups excluding carboxylic acids is 4. The predicted molar refractivity (Wildman–Crippen MR) is 129 cm³/mol. The fourth-order valence-electron chi connectivity index (χ4n) is 3.59. The van der Waals surface area contributed by atoms with Crippen LogP contribution >= 0.6 is 0 Å². The Morgan fingerprint density at radius 2 is 1.44 bits per heavy atom. The van der Waals surface area contributed by atoms with Crippen molar-refractivity contribution in [2.45, 2.75) is 0 Å². The van der Waals surface area contributed by atoms with E-state index in [1.165, 1.54) is 32.4 Å². The van der Waals surface area contributed by atoms with Gasteiger partial charge in [-0.25, -0.2) is 9.69 Å². The number of hydrogen-bond donors (Lipinski definition) is 1. The number of benzene rings is 3. The number of amides is 3. The van der Waals surface area contributed by atoms with E-state index in [9.17, 15) is 19.2 Å². The molecule has 4 rings (SSSR count). The monoisotopic (exact) mass is 486 g/mol. The van der Waals surface area contributed by atoms with Crippen LogP contribution in [0.2, 0.25) is 0 Å². The van der Waals surface area contributed by atoms with Gasteiger partial charge in [-0.1, -0.05) is 36.4 Å². The van der Waals surface area contributed by atoms with Gasteiger partial charge in [-0.15, -0.1) is 0 Å². The van der Waals surface area contributed by atoms with E-state index in [2.05, 4.69) is 5.32 Å². The molecule has 9 nitrogen and oxygen atoms in total. The third-order valence-corrected chi connectivity index (χ3v) is 5.45. The lowest BCUT2D eigenvalue weighted by molar-refractivity contribution is -0.141. The highest BCUT2D eigenvalue weighted by molar-refractivity contribution is 6.21. The summed E-state index contributed by atoms with van der Waals surface area (Å²) in [7, 11) is 2.96. The van der Waals surface area contributed by atoms with Gasteiger partial charge in [-0.05, 0) is 48.0 Å². The minimum Gasteiger partial charge on any atom is -0.497 e. The molecule has 0 fully saturated rings. The van der Waals surface area contributed by atoms with Crippen LogP contribution in [0.15, 0.2) is 78.5 Å². The predicted octanol–water partition coefficient (Wildman–Crippen LogP) is 3.27. The summed E-state index contributed by atoms with van der Waals surface area (Å²) in [5, 5.41) is 2.55. The smallest absolute Gasteiger partial charge is 0.356 e. The van der Waals surface area contributed by atoms with Crippen LogP contribution in [0.3, 0.4) is 0 Å². The van der Waals surface area contributed by atoms with Crippen molar-refractivity contribution in [3.8, 4) is 11.5 Å². The molecule has 0 saturated carbocycles. The van der Waals surface area contributed by atoms with E-state index < -0.39 is 30.4 Å². The minimum atomic E-state index is -0.939. The van der Waals surface area contributed by atoms with Gasteiger partial charge in [-0.2, -0.15) is 0 Å². The first-order valence-corrected chi connectivity index (χ1v) is 10.9. The van der Waals surface area contributed by atoms with Crippen LogP contribution in [0.25, 0.3) is 6.08 Å². The van der Waals surface area contributed by atoms with E-state index in [4.69, 9.17) is 14.2 Å². The second kappa shape index (κ2) is 10.6. The first-order chi connectivity index (χ1) is 17.4. The summed E-state index contributed by atoms with van der Waals surface area (Å²) in [6.07, 6.45) is 1.41. The van der Waals surface area contributed by atoms with Crippen LogP contribution in [0.4, 0.5) is 0 Å². The van der Waals surface area contributed by atoms with E-state index in [0.717, 1.165) is 4.90 Å². The number of fused-ring (bicyclic) bond motifs is 1. The van der Waals surface area contributed by atoms with E-state index in [1.54, 1.807) is 60.7 Å². The van der Waals surface area contributed by atoms with Crippen LogP contribution in [0.5, 0.6) is 11.5 Å². The number of carbonyl (C=O) groups is 4. The Hall–Kier alpha value is -4.92. The average Bonchev–Trinajstić information content (AvgIpc) is 3.16. The molecule has 1 aliphatic rings. The zero-order valence-electron chi connectivity index (χ0n) is 19.5. The average molecular weight is 486 g/mol. The molecule has 182 valence electrons. The number of esters is 1. The van der Waals surface area contributed by atoms with Gasteiger partial charge in [0.2, 0.25) is 0 Å². The number of nitrogens with one attached hydrogen (secondary N) is 1. The van der Waals surface area contributed by atoms with Crippen LogP contribution in [-0.2, 0) is 9.53 Å². The molecule has 0 saturated heterocycles. The summed E-state index contributed by atoms with van der Waals surface area (Å²) < 4.78 is 15.7. The van der Waals surface area contributed by atoms with Crippen molar-refractivity contribution < 1.29 is 33.4 Å². The molecular formula is C27H22N2O7. The van der Waals surface area contributed by atoms with Crippen LogP contribution in [0, 0.1) is 0 Å². The van der Waals surface area contributed by atoms with Crippen molar-refractivity contribution in [2.75, 3.05) is 21.0 Å². The standard InChI is InChI=1S/C27H22N2O7/c1-34-18-13-11-17(12-14-18)15-22(28-24(30)21-9-5-6-10-23(21)35-2)27(33)36-16-29-25(31)19-7-3-4-8-20(19)26(29)32/h3-15H,16H2,1-2H3,(H,28,30). The van der Waals surface area contributed by atoms with Crippen molar-refractivity contribution in [3.63, 3.8) is 0 Å². The summed E-state index contributed by atoms with van der Waals surface area (Å²) in [5.74, 6) is -1.75. The van der Waals surface area contributed by atoms with E-state index in [0.29, 0.717) is 17.1 Å². The van der Waals surface area contributed by atoms with Gasteiger partial charge >= 0.3 is 5.97 Å². The molecule has 0 aromatic heterocycles. The maximum absolute atomic E-state index is 13.0. The molecule has 9 heteroatoms. The lowest BCUT2D eigenvalue weighted by atomic mass is 10.1. The first kappa shape index (κ1) is 24.2. The van der Waals surface area contributed by atoms with Gasteiger partial charge in [0, 0.05) is 0 Å². The molecule has 0 aliphatic carbocycles. The number of rotatable bonds is 8. The molecular weight excluding hydrogens is 464 g/mol. The Morgan fingerprint density at radius 1 is 0.833 bits per heavy atom. The van der Waals surface area contributed by atoms with Crippen LogP contribution in [-0.4, -0.2) is 49.5 Å². The van der Waals surface area contributed by atoms with Crippen molar-refractivity contribution >= 4 is 29.8 Å². The van der Waals surface area contributed by atoms with Crippen molar-refractivity contribution in [1.29, 1.82) is 0 Å². The van der Waals surface area contributed by atoms with E-state index in [1.807, 2.05) is 0 Å². The SMILES string of the molecule is COc1ccc(C=C(NC(=O)c2ccccc2OC)C(=O)OCN2C(=O)c3ccccc3C2=O)cc1. The minimum absolute atomic E-state index is 0.201. The number of methoxy groups -OCH3 is 2. The fourth-order valence-corrected chi connectivity index (χ4v) is 3.59. The molecule has 1 N–H and O–H groups in total. The second-order valence-corrected chi connectivity index (χ2v) is 7.63. The molecule has 36 heavy (non-hydrogen) atoms. The number of para-hydroxylation sites is 1. The quantitative estimate of drug-likeness (QED) is 0.296. The summed E-state index contributed by atoms with van der Waals surface area (Å²) in [4.78, 5) is 52.0.